The number of nitrogens with one attached hydrogen (secondary N) is 3. The molecule has 158 valence electrons. The first-order chi connectivity index (χ1) is 13.0. The molecule has 0 aliphatic rings. The second kappa shape index (κ2) is 12.2. The number of carboxylic acids is 2. The summed E-state index contributed by atoms with van der Waals surface area (Å²) < 4.78 is 0. The van der Waals surface area contributed by atoms with Gasteiger partial charge in [0.2, 0.25) is 23.6 Å². The number of carbonyl (C=O) groups excluding carboxylic acids is 4. The number of primary amides is 1. The van der Waals surface area contributed by atoms with Crippen LogP contribution in [0.2, 0.25) is 0 Å². The van der Waals surface area contributed by atoms with Crippen molar-refractivity contribution in [3.8, 4) is 0 Å². The van der Waals surface area contributed by atoms with Gasteiger partial charge in [-0.15, -0.1) is 0 Å². The Bertz CT molecular complexity index is 624. The van der Waals surface area contributed by atoms with Crippen molar-refractivity contribution >= 4 is 35.6 Å². The average molecular weight is 403 g/mol. The zero-order valence-corrected chi connectivity index (χ0v) is 15.3. The van der Waals surface area contributed by atoms with Crippen LogP contribution in [0.4, 0.5) is 0 Å². The topological polar surface area (TPSA) is 231 Å². The number of amides is 4. The number of hydrogen-bond acceptors (Lipinski definition) is 7. The summed E-state index contributed by atoms with van der Waals surface area (Å²) in [7, 11) is 0. The van der Waals surface area contributed by atoms with E-state index in [1.54, 1.807) is 0 Å². The highest BCUT2D eigenvalue weighted by atomic mass is 16.4. The van der Waals surface area contributed by atoms with Crippen molar-refractivity contribution in [3.05, 3.63) is 0 Å². The normalized spacial score (nSPS) is 13.5. The van der Waals surface area contributed by atoms with Gasteiger partial charge in [0, 0.05) is 12.8 Å². The van der Waals surface area contributed by atoms with E-state index < -0.39 is 66.7 Å². The predicted octanol–water partition coefficient (Wildman–Crippen LogP) is -3.37. The lowest BCUT2D eigenvalue weighted by molar-refractivity contribution is -0.142. The van der Waals surface area contributed by atoms with Crippen LogP contribution < -0.4 is 27.4 Å². The predicted molar refractivity (Wildman–Crippen MR) is 93.5 cm³/mol. The third-order valence-corrected chi connectivity index (χ3v) is 3.53. The Kier molecular flexibility index (Phi) is 10.8. The summed E-state index contributed by atoms with van der Waals surface area (Å²) in [5.74, 6) is -5.77. The highest BCUT2D eigenvalue weighted by molar-refractivity contribution is 5.94. The Morgan fingerprint density at radius 1 is 0.857 bits per heavy atom. The lowest BCUT2D eigenvalue weighted by atomic mass is 10.1. The molecule has 13 nitrogen and oxygen atoms in total. The van der Waals surface area contributed by atoms with Crippen molar-refractivity contribution in [1.29, 1.82) is 0 Å². The van der Waals surface area contributed by atoms with E-state index in [1.165, 1.54) is 6.92 Å². The first kappa shape index (κ1) is 24.8. The van der Waals surface area contributed by atoms with Gasteiger partial charge in [0.1, 0.15) is 18.1 Å². The number of rotatable bonds is 13. The van der Waals surface area contributed by atoms with E-state index in [4.69, 9.17) is 21.7 Å². The number of aliphatic carboxylic acids is 2. The van der Waals surface area contributed by atoms with Crippen LogP contribution in [-0.2, 0) is 28.8 Å². The number of carboxylic acid groups (broad SMARTS) is 2. The molecule has 3 atom stereocenters. The summed E-state index contributed by atoms with van der Waals surface area (Å²) in [6.07, 6.45) is -1.23. The minimum Gasteiger partial charge on any atom is -0.481 e. The summed E-state index contributed by atoms with van der Waals surface area (Å²) in [5.41, 5.74) is 10.2. The van der Waals surface area contributed by atoms with Crippen molar-refractivity contribution in [2.45, 2.75) is 50.7 Å². The SMILES string of the molecule is CC(NC(=O)C(CCC(N)=O)NC(=O)C(CCC(=O)O)NC(=O)CN)C(=O)O. The van der Waals surface area contributed by atoms with Gasteiger partial charge < -0.3 is 37.6 Å². The van der Waals surface area contributed by atoms with Gasteiger partial charge in [-0.25, -0.2) is 0 Å². The second-order valence-electron chi connectivity index (χ2n) is 5.89. The smallest absolute Gasteiger partial charge is 0.325 e. The van der Waals surface area contributed by atoms with Gasteiger partial charge in [-0.05, 0) is 19.8 Å². The standard InChI is InChI=1S/C15H25N5O8/c1-7(15(27)28)18-13(25)9(2-4-10(17)21)20-14(26)8(3-5-12(23)24)19-11(22)6-16/h7-9H,2-6,16H2,1H3,(H2,17,21)(H,18,25)(H,19,22)(H,20,26)(H,23,24)(H,27,28). The van der Waals surface area contributed by atoms with Gasteiger partial charge in [-0.1, -0.05) is 0 Å². The molecule has 0 aliphatic carbocycles. The van der Waals surface area contributed by atoms with Crippen LogP contribution in [0.3, 0.4) is 0 Å². The van der Waals surface area contributed by atoms with Crippen LogP contribution in [0, 0.1) is 0 Å². The van der Waals surface area contributed by atoms with Crippen molar-refractivity contribution < 1.29 is 39.0 Å². The molecule has 0 bridgehead atoms. The van der Waals surface area contributed by atoms with Crippen LogP contribution in [0.1, 0.15) is 32.6 Å². The molecule has 13 heteroatoms. The zero-order valence-electron chi connectivity index (χ0n) is 15.3. The molecule has 0 aromatic heterocycles. The Hall–Kier alpha value is -3.22. The fraction of sp³-hybridized carbons (Fsp3) is 0.600. The van der Waals surface area contributed by atoms with Crippen LogP contribution in [0.5, 0.6) is 0 Å². The summed E-state index contributed by atoms with van der Waals surface area (Å²) in [4.78, 5) is 68.7. The molecular weight excluding hydrogens is 378 g/mol. The summed E-state index contributed by atoms with van der Waals surface area (Å²) >= 11 is 0. The minimum atomic E-state index is -1.33. The van der Waals surface area contributed by atoms with E-state index in [2.05, 4.69) is 16.0 Å². The first-order valence-electron chi connectivity index (χ1n) is 8.31. The number of nitrogens with two attached hydrogens (primary N) is 2. The van der Waals surface area contributed by atoms with E-state index in [9.17, 15) is 28.8 Å². The van der Waals surface area contributed by atoms with E-state index in [0.29, 0.717) is 0 Å². The van der Waals surface area contributed by atoms with Crippen LogP contribution >= 0.6 is 0 Å². The van der Waals surface area contributed by atoms with Gasteiger partial charge >= 0.3 is 11.9 Å². The molecule has 0 spiro atoms. The van der Waals surface area contributed by atoms with Crippen molar-refractivity contribution in [2.24, 2.45) is 11.5 Å². The fourth-order valence-electron chi connectivity index (χ4n) is 1.99. The Labute approximate surface area is 160 Å². The van der Waals surface area contributed by atoms with Crippen LogP contribution in [0.15, 0.2) is 0 Å². The first-order valence-corrected chi connectivity index (χ1v) is 8.31. The third-order valence-electron chi connectivity index (χ3n) is 3.53. The zero-order chi connectivity index (χ0) is 21.9. The minimum absolute atomic E-state index is 0.226. The Morgan fingerprint density at radius 3 is 1.82 bits per heavy atom. The maximum absolute atomic E-state index is 12.4. The van der Waals surface area contributed by atoms with E-state index in [1.807, 2.05) is 0 Å². The van der Waals surface area contributed by atoms with Crippen LogP contribution in [-0.4, -0.2) is 70.5 Å². The lowest BCUT2D eigenvalue weighted by Gasteiger charge is -2.23. The Balaban J connectivity index is 5.27. The van der Waals surface area contributed by atoms with Crippen molar-refractivity contribution in [3.63, 3.8) is 0 Å². The molecule has 9 N–H and O–H groups in total. The quantitative estimate of drug-likeness (QED) is 0.162. The van der Waals surface area contributed by atoms with Crippen molar-refractivity contribution in [1.82, 2.24) is 16.0 Å². The van der Waals surface area contributed by atoms with E-state index >= 15 is 0 Å². The Morgan fingerprint density at radius 2 is 1.36 bits per heavy atom. The van der Waals surface area contributed by atoms with Gasteiger partial charge in [0.05, 0.1) is 6.54 Å². The maximum atomic E-state index is 12.4. The van der Waals surface area contributed by atoms with Gasteiger partial charge in [0.15, 0.2) is 0 Å². The van der Waals surface area contributed by atoms with E-state index in [-0.39, 0.29) is 19.3 Å². The molecule has 0 aromatic rings. The highest BCUT2D eigenvalue weighted by Gasteiger charge is 2.28. The van der Waals surface area contributed by atoms with Crippen LogP contribution in [0.25, 0.3) is 0 Å². The highest BCUT2D eigenvalue weighted by Crippen LogP contribution is 2.03. The molecule has 4 amide bonds. The second-order valence-corrected chi connectivity index (χ2v) is 5.89. The average Bonchev–Trinajstić information content (AvgIpc) is 2.60. The molecule has 3 unspecified atom stereocenters. The molecule has 28 heavy (non-hydrogen) atoms. The van der Waals surface area contributed by atoms with Gasteiger partial charge in [-0.3, -0.25) is 28.8 Å². The van der Waals surface area contributed by atoms with Crippen molar-refractivity contribution in [2.75, 3.05) is 6.54 Å². The monoisotopic (exact) mass is 403 g/mol. The molecule has 0 rings (SSSR count). The summed E-state index contributed by atoms with van der Waals surface area (Å²) in [5, 5.41) is 24.3. The van der Waals surface area contributed by atoms with E-state index in [0.717, 1.165) is 0 Å². The largest absolute Gasteiger partial charge is 0.481 e. The lowest BCUT2D eigenvalue weighted by Crippen LogP contribution is -2.56. The molecular formula is C15H25N5O8. The molecule has 0 fully saturated rings. The molecule has 0 heterocycles. The maximum Gasteiger partial charge on any atom is 0.325 e. The molecule has 0 saturated carbocycles. The summed E-state index contributed by atoms with van der Waals surface area (Å²) in [6.45, 7) is 0.753. The third kappa shape index (κ3) is 10.1. The van der Waals surface area contributed by atoms with Gasteiger partial charge in [-0.2, -0.15) is 0 Å². The molecule has 0 saturated heterocycles. The van der Waals surface area contributed by atoms with Gasteiger partial charge in [0.25, 0.3) is 0 Å². The molecule has 0 aliphatic heterocycles. The summed E-state index contributed by atoms with van der Waals surface area (Å²) in [6, 6.07) is -3.89. The molecule has 0 radical (unpaired) electrons. The number of hydrogen-bond donors (Lipinski definition) is 7. The fourth-order valence-corrected chi connectivity index (χ4v) is 1.99. The number of carbonyl (C=O) groups is 6. The molecule has 0 aromatic carbocycles.